The van der Waals surface area contributed by atoms with Gasteiger partial charge >= 0.3 is 6.18 Å². The van der Waals surface area contributed by atoms with E-state index in [-0.39, 0.29) is 12.2 Å². The molecular weight excluding hydrogens is 289 g/mol. The maximum absolute atomic E-state index is 12.6. The van der Waals surface area contributed by atoms with Gasteiger partial charge in [0.15, 0.2) is 0 Å². The largest absolute Gasteiger partial charge is 0.467 e. The van der Waals surface area contributed by atoms with Gasteiger partial charge in [0.2, 0.25) is 0 Å². The lowest BCUT2D eigenvalue weighted by atomic mass is 10.1. The van der Waals surface area contributed by atoms with Crippen molar-refractivity contribution in [2.45, 2.75) is 12.7 Å². The summed E-state index contributed by atoms with van der Waals surface area (Å²) in [5.74, 6) is 0.548. The van der Waals surface area contributed by atoms with Crippen molar-refractivity contribution in [3.05, 3.63) is 58.0 Å². The molecule has 1 aromatic carbocycles. The van der Waals surface area contributed by atoms with Crippen molar-refractivity contribution in [1.29, 1.82) is 0 Å². The zero-order valence-corrected chi connectivity index (χ0v) is 10.9. The topological polar surface area (TPSA) is 59.5 Å². The van der Waals surface area contributed by atoms with Crippen LogP contribution >= 0.6 is 0 Å². The van der Waals surface area contributed by atoms with E-state index in [1.54, 1.807) is 12.1 Å². The second-order valence-corrected chi connectivity index (χ2v) is 4.39. The molecule has 0 amide bonds. The Balaban J connectivity index is 2.36. The van der Waals surface area contributed by atoms with Gasteiger partial charge in [-0.2, -0.15) is 13.2 Å². The standard InChI is InChI=1S/C13H11F3N2O3/c1-17(8-10-3-2-6-21-10)11-5-4-9(13(14,15)16)7-12(11)18(19)20/h2-7H,8H2,1H3. The van der Waals surface area contributed by atoms with Crippen LogP contribution in [-0.2, 0) is 12.7 Å². The molecule has 8 heteroatoms. The SMILES string of the molecule is CN(Cc1ccco1)c1ccc(C(F)(F)F)cc1[N+](=O)[O-]. The highest BCUT2D eigenvalue weighted by molar-refractivity contribution is 5.64. The number of hydrogen-bond acceptors (Lipinski definition) is 4. The Morgan fingerprint density at radius 2 is 2.05 bits per heavy atom. The first-order chi connectivity index (χ1) is 9.79. The van der Waals surface area contributed by atoms with Gasteiger partial charge in [-0.1, -0.05) is 0 Å². The highest BCUT2D eigenvalue weighted by atomic mass is 19.4. The summed E-state index contributed by atoms with van der Waals surface area (Å²) in [6, 6.07) is 5.77. The monoisotopic (exact) mass is 300 g/mol. The van der Waals surface area contributed by atoms with Crippen LogP contribution in [0.1, 0.15) is 11.3 Å². The number of hydrogen-bond donors (Lipinski definition) is 0. The minimum Gasteiger partial charge on any atom is -0.467 e. The first-order valence-corrected chi connectivity index (χ1v) is 5.88. The molecule has 0 fully saturated rings. The lowest BCUT2D eigenvalue weighted by Gasteiger charge is -2.18. The minimum absolute atomic E-state index is 0.0874. The van der Waals surface area contributed by atoms with E-state index in [2.05, 4.69) is 0 Å². The zero-order valence-electron chi connectivity index (χ0n) is 10.9. The van der Waals surface area contributed by atoms with Crippen LogP contribution in [0.15, 0.2) is 41.0 Å². The van der Waals surface area contributed by atoms with E-state index in [1.807, 2.05) is 0 Å². The van der Waals surface area contributed by atoms with Crippen LogP contribution in [0.4, 0.5) is 24.5 Å². The molecule has 0 aliphatic heterocycles. The summed E-state index contributed by atoms with van der Waals surface area (Å²) in [7, 11) is 1.54. The molecule has 2 aromatic rings. The second-order valence-electron chi connectivity index (χ2n) is 4.39. The van der Waals surface area contributed by atoms with E-state index in [0.29, 0.717) is 11.8 Å². The molecule has 0 saturated carbocycles. The van der Waals surface area contributed by atoms with Gasteiger partial charge in [0.1, 0.15) is 11.4 Å². The minimum atomic E-state index is -4.62. The number of benzene rings is 1. The normalized spacial score (nSPS) is 11.4. The Kier molecular flexibility index (Phi) is 3.88. The average Bonchev–Trinajstić information content (AvgIpc) is 2.89. The van der Waals surface area contributed by atoms with Crippen molar-refractivity contribution in [3.63, 3.8) is 0 Å². The summed E-state index contributed by atoms with van der Waals surface area (Å²) < 4.78 is 43.0. The fourth-order valence-electron chi connectivity index (χ4n) is 1.89. The van der Waals surface area contributed by atoms with E-state index in [1.165, 1.54) is 18.2 Å². The molecule has 0 saturated heterocycles. The van der Waals surface area contributed by atoms with Gasteiger partial charge in [0, 0.05) is 13.1 Å². The van der Waals surface area contributed by atoms with Crippen LogP contribution in [0.2, 0.25) is 0 Å². The zero-order chi connectivity index (χ0) is 15.6. The molecule has 1 heterocycles. The van der Waals surface area contributed by atoms with Crippen LogP contribution in [0.5, 0.6) is 0 Å². The van der Waals surface area contributed by atoms with Gasteiger partial charge in [-0.25, -0.2) is 0 Å². The van der Waals surface area contributed by atoms with E-state index in [0.717, 1.165) is 12.1 Å². The summed E-state index contributed by atoms with van der Waals surface area (Å²) >= 11 is 0. The Labute approximate surface area is 117 Å². The van der Waals surface area contributed by atoms with Gasteiger partial charge < -0.3 is 9.32 Å². The van der Waals surface area contributed by atoms with E-state index in [9.17, 15) is 23.3 Å². The molecule has 0 aliphatic carbocycles. The highest BCUT2D eigenvalue weighted by Crippen LogP contribution is 2.36. The number of rotatable bonds is 4. The molecule has 0 radical (unpaired) electrons. The third-order valence-corrected chi connectivity index (χ3v) is 2.88. The second kappa shape index (κ2) is 5.47. The number of nitro benzene ring substituents is 1. The van der Waals surface area contributed by atoms with Gasteiger partial charge in [-0.05, 0) is 24.3 Å². The predicted octanol–water partition coefficient (Wildman–Crippen LogP) is 3.84. The fraction of sp³-hybridized carbons (Fsp3) is 0.231. The van der Waals surface area contributed by atoms with Crippen LogP contribution in [0.3, 0.4) is 0 Å². The first-order valence-electron chi connectivity index (χ1n) is 5.88. The van der Waals surface area contributed by atoms with Gasteiger partial charge in [0.25, 0.3) is 5.69 Å². The molecule has 2 rings (SSSR count). The molecule has 0 N–H and O–H groups in total. The van der Waals surface area contributed by atoms with Crippen LogP contribution in [0, 0.1) is 10.1 Å². The summed E-state index contributed by atoms with van der Waals surface area (Å²) in [5, 5.41) is 11.0. The number of furan rings is 1. The van der Waals surface area contributed by atoms with Gasteiger partial charge in [0.05, 0.1) is 23.3 Å². The molecule has 112 valence electrons. The number of nitro groups is 1. The van der Waals surface area contributed by atoms with E-state index < -0.39 is 22.4 Å². The molecule has 21 heavy (non-hydrogen) atoms. The predicted molar refractivity (Wildman–Crippen MR) is 68.9 cm³/mol. The van der Waals surface area contributed by atoms with Gasteiger partial charge in [-0.3, -0.25) is 10.1 Å². The van der Waals surface area contributed by atoms with E-state index in [4.69, 9.17) is 4.42 Å². The number of alkyl halides is 3. The van der Waals surface area contributed by atoms with Crippen molar-refractivity contribution in [1.82, 2.24) is 0 Å². The highest BCUT2D eigenvalue weighted by Gasteiger charge is 2.33. The Hall–Kier alpha value is -2.51. The van der Waals surface area contributed by atoms with E-state index >= 15 is 0 Å². The van der Waals surface area contributed by atoms with Crippen molar-refractivity contribution < 1.29 is 22.5 Å². The number of nitrogens with zero attached hydrogens (tertiary/aromatic N) is 2. The smallest absolute Gasteiger partial charge is 0.416 e. The molecule has 0 bridgehead atoms. The summed E-state index contributed by atoms with van der Waals surface area (Å²) in [6.45, 7) is 0.208. The Morgan fingerprint density at radius 1 is 1.33 bits per heavy atom. The lowest BCUT2D eigenvalue weighted by molar-refractivity contribution is -0.384. The van der Waals surface area contributed by atoms with Gasteiger partial charge in [-0.15, -0.1) is 0 Å². The number of halogens is 3. The third kappa shape index (κ3) is 3.33. The van der Waals surface area contributed by atoms with Crippen molar-refractivity contribution in [2.75, 3.05) is 11.9 Å². The fourth-order valence-corrected chi connectivity index (χ4v) is 1.89. The van der Waals surface area contributed by atoms with Crippen LogP contribution in [0.25, 0.3) is 0 Å². The molecular formula is C13H11F3N2O3. The van der Waals surface area contributed by atoms with Crippen molar-refractivity contribution in [2.24, 2.45) is 0 Å². The summed E-state index contributed by atoms with van der Waals surface area (Å²) in [4.78, 5) is 11.6. The molecule has 0 atom stereocenters. The quantitative estimate of drug-likeness (QED) is 0.635. The molecule has 0 spiro atoms. The average molecular weight is 300 g/mol. The Morgan fingerprint density at radius 3 is 2.57 bits per heavy atom. The van der Waals surface area contributed by atoms with Crippen molar-refractivity contribution in [3.8, 4) is 0 Å². The molecule has 0 unspecified atom stereocenters. The number of anilines is 1. The Bertz CT molecular complexity index is 639. The van der Waals surface area contributed by atoms with Crippen LogP contribution in [-0.4, -0.2) is 12.0 Å². The molecule has 1 aromatic heterocycles. The molecule has 0 aliphatic rings. The summed E-state index contributed by atoms with van der Waals surface area (Å²) in [6.07, 6.45) is -3.17. The lowest BCUT2D eigenvalue weighted by Crippen LogP contribution is -2.18. The maximum atomic E-state index is 12.6. The summed E-state index contributed by atoms with van der Waals surface area (Å²) in [5.41, 5.74) is -1.56. The third-order valence-electron chi connectivity index (χ3n) is 2.88. The van der Waals surface area contributed by atoms with Crippen LogP contribution < -0.4 is 4.90 Å². The maximum Gasteiger partial charge on any atom is 0.416 e. The molecule has 5 nitrogen and oxygen atoms in total. The van der Waals surface area contributed by atoms with Crippen molar-refractivity contribution >= 4 is 11.4 Å². The first kappa shape index (κ1) is 14.9.